The highest BCUT2D eigenvalue weighted by atomic mass is 32.2. The molecule has 2 aromatic rings. The number of rotatable bonds is 3. The number of hydrogen-bond acceptors (Lipinski definition) is 4. The van der Waals surface area contributed by atoms with Crippen LogP contribution in [0.5, 0.6) is 0 Å². The van der Waals surface area contributed by atoms with Crippen molar-refractivity contribution in [1.82, 2.24) is 9.88 Å². The number of amidine groups is 1. The number of likely N-dealkylation sites (N-methyl/N-ethyl adjacent to an activating group) is 1. The van der Waals surface area contributed by atoms with Gasteiger partial charge in [0, 0.05) is 12.7 Å². The Kier molecular flexibility index (Phi) is 4.57. The molecule has 1 aliphatic heterocycles. The number of aryl methyl sites for hydroxylation is 1. The number of aromatic nitrogens is 1. The molecule has 0 atom stereocenters. The summed E-state index contributed by atoms with van der Waals surface area (Å²) in [5.74, 6) is 0.605. The summed E-state index contributed by atoms with van der Waals surface area (Å²) in [7, 11) is 0. The van der Waals surface area contributed by atoms with Crippen molar-refractivity contribution >= 4 is 34.7 Å². The fourth-order valence-electron chi connectivity index (χ4n) is 2.28. The van der Waals surface area contributed by atoms with E-state index in [0.29, 0.717) is 22.4 Å². The number of benzene rings is 1. The van der Waals surface area contributed by atoms with E-state index in [-0.39, 0.29) is 5.91 Å². The number of aliphatic imine (C=N–C) groups is 1. The molecule has 0 radical (unpaired) electrons. The first kappa shape index (κ1) is 15.5. The summed E-state index contributed by atoms with van der Waals surface area (Å²) in [6, 6.07) is 13.6. The largest absolute Gasteiger partial charge is 0.287 e. The number of carbonyl (C=O) groups is 1. The molecule has 3 rings (SSSR count). The molecule has 0 N–H and O–H groups in total. The predicted molar refractivity (Wildman–Crippen MR) is 95.5 cm³/mol. The van der Waals surface area contributed by atoms with Crippen molar-refractivity contribution in [2.45, 2.75) is 13.8 Å². The van der Waals surface area contributed by atoms with E-state index >= 15 is 0 Å². The molecule has 0 aliphatic carbocycles. The quantitative estimate of drug-likeness (QED) is 0.802. The van der Waals surface area contributed by atoms with Crippen LogP contribution in [0.25, 0.3) is 6.08 Å². The van der Waals surface area contributed by atoms with Crippen LogP contribution in [0, 0.1) is 6.92 Å². The molecule has 23 heavy (non-hydrogen) atoms. The minimum absolute atomic E-state index is 0.00423. The van der Waals surface area contributed by atoms with Crippen molar-refractivity contribution in [2.75, 3.05) is 6.54 Å². The summed E-state index contributed by atoms with van der Waals surface area (Å²) in [5, 5.41) is 0.677. The molecular weight excluding hydrogens is 306 g/mol. The molecule has 1 aliphatic rings. The van der Waals surface area contributed by atoms with Crippen LogP contribution in [0.2, 0.25) is 0 Å². The summed E-state index contributed by atoms with van der Waals surface area (Å²) >= 11 is 1.40. The van der Waals surface area contributed by atoms with Gasteiger partial charge in [-0.25, -0.2) is 9.98 Å². The lowest BCUT2D eigenvalue weighted by Crippen LogP contribution is -2.28. The molecule has 1 saturated heterocycles. The molecular formula is C18H17N3OS. The smallest absolute Gasteiger partial charge is 0.266 e. The Morgan fingerprint density at radius 1 is 1.22 bits per heavy atom. The zero-order valence-corrected chi connectivity index (χ0v) is 13.9. The van der Waals surface area contributed by atoms with Gasteiger partial charge in [-0.15, -0.1) is 0 Å². The van der Waals surface area contributed by atoms with E-state index in [2.05, 4.69) is 9.98 Å². The minimum atomic E-state index is -0.00423. The Balaban J connectivity index is 1.95. The molecule has 1 amide bonds. The van der Waals surface area contributed by atoms with Gasteiger partial charge in [0.1, 0.15) is 0 Å². The monoisotopic (exact) mass is 323 g/mol. The Labute approximate surface area is 140 Å². The zero-order valence-electron chi connectivity index (χ0n) is 13.1. The molecule has 0 spiro atoms. The zero-order chi connectivity index (χ0) is 16.2. The molecule has 0 bridgehead atoms. The molecule has 1 aromatic heterocycles. The average molecular weight is 323 g/mol. The van der Waals surface area contributed by atoms with E-state index < -0.39 is 0 Å². The summed E-state index contributed by atoms with van der Waals surface area (Å²) in [5.41, 5.74) is 2.20. The SMILES string of the molecule is CCN1C(=O)/C(=C/c2ccccc2C)S/C1=N/c1ccccn1. The van der Waals surface area contributed by atoms with E-state index in [4.69, 9.17) is 0 Å². The molecule has 0 unspecified atom stereocenters. The molecule has 0 saturated carbocycles. The van der Waals surface area contributed by atoms with Crippen molar-refractivity contribution in [3.8, 4) is 0 Å². The lowest BCUT2D eigenvalue weighted by Gasteiger charge is -2.11. The van der Waals surface area contributed by atoms with Crippen LogP contribution in [0.3, 0.4) is 0 Å². The van der Waals surface area contributed by atoms with Crippen LogP contribution in [-0.2, 0) is 4.79 Å². The first-order chi connectivity index (χ1) is 11.2. The van der Waals surface area contributed by atoms with Crippen molar-refractivity contribution < 1.29 is 4.79 Å². The fraction of sp³-hybridized carbons (Fsp3) is 0.167. The summed E-state index contributed by atoms with van der Waals surface area (Å²) in [6.07, 6.45) is 3.63. The van der Waals surface area contributed by atoms with Gasteiger partial charge in [-0.3, -0.25) is 9.69 Å². The summed E-state index contributed by atoms with van der Waals surface area (Å²) in [4.78, 5) is 23.7. The van der Waals surface area contributed by atoms with Crippen molar-refractivity contribution in [3.05, 3.63) is 64.7 Å². The second-order valence-electron chi connectivity index (χ2n) is 5.10. The Morgan fingerprint density at radius 2 is 2.00 bits per heavy atom. The summed E-state index contributed by atoms with van der Waals surface area (Å²) < 4.78 is 0. The number of carbonyl (C=O) groups excluding carboxylic acids is 1. The summed E-state index contributed by atoms with van der Waals surface area (Å²) in [6.45, 7) is 4.57. The van der Waals surface area contributed by atoms with Crippen molar-refractivity contribution in [3.63, 3.8) is 0 Å². The van der Waals surface area contributed by atoms with Crippen LogP contribution >= 0.6 is 11.8 Å². The van der Waals surface area contributed by atoms with E-state index in [9.17, 15) is 4.79 Å². The first-order valence-corrected chi connectivity index (χ1v) is 8.27. The van der Waals surface area contributed by atoms with Crippen LogP contribution in [0.15, 0.2) is 58.6 Å². The minimum Gasteiger partial charge on any atom is -0.287 e. The molecule has 1 fully saturated rings. The molecule has 5 heteroatoms. The third kappa shape index (κ3) is 3.35. The topological polar surface area (TPSA) is 45.6 Å². The molecule has 1 aromatic carbocycles. The van der Waals surface area contributed by atoms with Gasteiger partial charge in [0.15, 0.2) is 11.0 Å². The van der Waals surface area contributed by atoms with Gasteiger partial charge in [0.25, 0.3) is 5.91 Å². The van der Waals surface area contributed by atoms with Gasteiger partial charge in [0.05, 0.1) is 4.91 Å². The first-order valence-electron chi connectivity index (χ1n) is 7.46. The Hall–Kier alpha value is -2.40. The maximum Gasteiger partial charge on any atom is 0.266 e. The molecule has 116 valence electrons. The maximum absolute atomic E-state index is 12.6. The predicted octanol–water partition coefficient (Wildman–Crippen LogP) is 4.01. The molecule has 4 nitrogen and oxygen atoms in total. The van der Waals surface area contributed by atoms with Crippen molar-refractivity contribution in [2.24, 2.45) is 4.99 Å². The number of hydrogen-bond donors (Lipinski definition) is 0. The third-order valence-electron chi connectivity index (χ3n) is 3.54. The number of amides is 1. The van der Waals surface area contributed by atoms with E-state index in [1.165, 1.54) is 11.8 Å². The second-order valence-corrected chi connectivity index (χ2v) is 6.11. The van der Waals surface area contributed by atoms with Gasteiger partial charge >= 0.3 is 0 Å². The van der Waals surface area contributed by atoms with E-state index in [1.54, 1.807) is 11.1 Å². The normalized spacial score (nSPS) is 18.2. The highest BCUT2D eigenvalue weighted by molar-refractivity contribution is 8.18. The van der Waals surface area contributed by atoms with E-state index in [1.807, 2.05) is 62.4 Å². The standard InChI is InChI=1S/C18H17N3OS/c1-3-21-17(22)15(12-14-9-5-4-8-13(14)2)23-18(21)20-16-10-6-7-11-19-16/h4-12H,3H2,1-2H3/b15-12-,20-18+. The van der Waals surface area contributed by atoms with Crippen LogP contribution in [-0.4, -0.2) is 27.5 Å². The number of pyridine rings is 1. The van der Waals surface area contributed by atoms with Gasteiger partial charge in [-0.2, -0.15) is 0 Å². The van der Waals surface area contributed by atoms with Crippen molar-refractivity contribution in [1.29, 1.82) is 0 Å². The average Bonchev–Trinajstić information content (AvgIpc) is 2.85. The highest BCUT2D eigenvalue weighted by Crippen LogP contribution is 2.33. The lowest BCUT2D eigenvalue weighted by atomic mass is 10.1. The Morgan fingerprint density at radius 3 is 2.70 bits per heavy atom. The van der Waals surface area contributed by atoms with Gasteiger partial charge in [0.2, 0.25) is 0 Å². The molecule has 2 heterocycles. The van der Waals surface area contributed by atoms with E-state index in [0.717, 1.165) is 11.1 Å². The second kappa shape index (κ2) is 6.79. The number of thioether (sulfide) groups is 1. The van der Waals surface area contributed by atoms with Gasteiger partial charge in [-0.1, -0.05) is 30.3 Å². The fourth-order valence-corrected chi connectivity index (χ4v) is 3.32. The van der Waals surface area contributed by atoms with Crippen LogP contribution < -0.4 is 0 Å². The number of nitrogens with zero attached hydrogens (tertiary/aromatic N) is 3. The van der Waals surface area contributed by atoms with Gasteiger partial charge < -0.3 is 0 Å². The lowest BCUT2D eigenvalue weighted by molar-refractivity contribution is -0.122. The van der Waals surface area contributed by atoms with Crippen LogP contribution in [0.1, 0.15) is 18.1 Å². The van der Waals surface area contributed by atoms with Crippen LogP contribution in [0.4, 0.5) is 5.82 Å². The maximum atomic E-state index is 12.6. The highest BCUT2D eigenvalue weighted by Gasteiger charge is 2.32. The Bertz CT molecular complexity index is 784. The van der Waals surface area contributed by atoms with Gasteiger partial charge in [-0.05, 0) is 54.9 Å². The third-order valence-corrected chi connectivity index (χ3v) is 4.55.